The topological polar surface area (TPSA) is 78.7 Å². The van der Waals surface area contributed by atoms with Gasteiger partial charge in [0.15, 0.2) is 6.10 Å². The lowest BCUT2D eigenvalue weighted by molar-refractivity contribution is -0.385. The zero-order valence-electron chi connectivity index (χ0n) is 12.5. The number of hydrogen-bond acceptors (Lipinski definition) is 5. The fraction of sp³-hybridized carbons (Fsp3) is 0.188. The molecule has 2 aromatic carbocycles. The summed E-state index contributed by atoms with van der Waals surface area (Å²) < 4.78 is 10.6. The van der Waals surface area contributed by atoms with E-state index in [2.05, 4.69) is 0 Å². The molecule has 0 saturated carbocycles. The summed E-state index contributed by atoms with van der Waals surface area (Å²) >= 11 is 5.84. The Bertz CT molecular complexity index is 747. The van der Waals surface area contributed by atoms with Crippen molar-refractivity contribution >= 4 is 23.3 Å². The Balaban J connectivity index is 2.03. The second-order valence-corrected chi connectivity index (χ2v) is 5.28. The standard InChI is InChI=1S/C16H14ClNO5/c1-10-8-14(6-7-15(10)18(20)21)23-16(19)11(2)22-13-5-3-4-12(17)9-13/h3-9,11H,1-2H3. The van der Waals surface area contributed by atoms with Gasteiger partial charge in [-0.05, 0) is 44.2 Å². The van der Waals surface area contributed by atoms with Gasteiger partial charge in [-0.2, -0.15) is 0 Å². The lowest BCUT2D eigenvalue weighted by Gasteiger charge is -2.14. The van der Waals surface area contributed by atoms with Gasteiger partial charge in [0, 0.05) is 16.7 Å². The fourth-order valence-electron chi connectivity index (χ4n) is 1.89. The minimum Gasteiger partial charge on any atom is -0.479 e. The highest BCUT2D eigenvalue weighted by Gasteiger charge is 2.19. The average Bonchev–Trinajstić information content (AvgIpc) is 2.46. The first-order valence-electron chi connectivity index (χ1n) is 6.76. The van der Waals surface area contributed by atoms with E-state index in [1.165, 1.54) is 18.2 Å². The predicted molar refractivity (Wildman–Crippen MR) is 85.0 cm³/mol. The molecule has 0 bridgehead atoms. The van der Waals surface area contributed by atoms with E-state index in [0.717, 1.165) is 0 Å². The molecule has 23 heavy (non-hydrogen) atoms. The minimum absolute atomic E-state index is 0.0342. The molecule has 0 N–H and O–H groups in total. The van der Waals surface area contributed by atoms with Crippen molar-refractivity contribution in [3.63, 3.8) is 0 Å². The third kappa shape index (κ3) is 4.43. The number of benzene rings is 2. The maximum absolute atomic E-state index is 12.0. The third-order valence-electron chi connectivity index (χ3n) is 3.02. The molecule has 0 aliphatic carbocycles. The minimum atomic E-state index is -0.857. The molecule has 0 saturated heterocycles. The number of carbonyl (C=O) groups is 1. The molecule has 0 aliphatic heterocycles. The molecule has 6 nitrogen and oxygen atoms in total. The van der Waals surface area contributed by atoms with E-state index in [1.807, 2.05) is 0 Å². The average molecular weight is 336 g/mol. The Hall–Kier alpha value is -2.60. The number of hydrogen-bond donors (Lipinski definition) is 0. The fourth-order valence-corrected chi connectivity index (χ4v) is 2.07. The van der Waals surface area contributed by atoms with Gasteiger partial charge in [0.1, 0.15) is 11.5 Å². The number of nitrogens with zero attached hydrogens (tertiary/aromatic N) is 1. The SMILES string of the molecule is Cc1cc(OC(=O)C(C)Oc2cccc(Cl)c2)ccc1[N+](=O)[O-]. The lowest BCUT2D eigenvalue weighted by Crippen LogP contribution is -2.28. The Labute approximate surface area is 137 Å². The van der Waals surface area contributed by atoms with E-state index in [-0.39, 0.29) is 11.4 Å². The van der Waals surface area contributed by atoms with Crippen LogP contribution in [0.25, 0.3) is 0 Å². The summed E-state index contributed by atoms with van der Waals surface area (Å²) in [6.45, 7) is 3.11. The first kappa shape index (κ1) is 16.8. The molecule has 120 valence electrons. The van der Waals surface area contributed by atoms with Crippen molar-refractivity contribution in [2.24, 2.45) is 0 Å². The highest BCUT2D eigenvalue weighted by Crippen LogP contribution is 2.24. The maximum Gasteiger partial charge on any atom is 0.352 e. The first-order valence-corrected chi connectivity index (χ1v) is 7.13. The molecular formula is C16H14ClNO5. The van der Waals surface area contributed by atoms with E-state index >= 15 is 0 Å². The summed E-state index contributed by atoms with van der Waals surface area (Å²) in [5.41, 5.74) is 0.372. The molecule has 0 fully saturated rings. The monoisotopic (exact) mass is 335 g/mol. The number of rotatable bonds is 5. The predicted octanol–water partition coefficient (Wildman–Crippen LogP) is 3.93. The Morgan fingerprint density at radius 2 is 1.96 bits per heavy atom. The van der Waals surface area contributed by atoms with Gasteiger partial charge in [0.05, 0.1) is 4.92 Å². The molecule has 0 aliphatic rings. The first-order chi connectivity index (χ1) is 10.9. The molecule has 0 aromatic heterocycles. The van der Waals surface area contributed by atoms with Crippen LogP contribution in [0.2, 0.25) is 5.02 Å². The van der Waals surface area contributed by atoms with Crippen molar-refractivity contribution in [1.82, 2.24) is 0 Å². The van der Waals surface area contributed by atoms with E-state index in [9.17, 15) is 14.9 Å². The van der Waals surface area contributed by atoms with E-state index in [4.69, 9.17) is 21.1 Å². The number of esters is 1. The summed E-state index contributed by atoms with van der Waals surface area (Å²) in [5, 5.41) is 11.3. The molecule has 0 amide bonds. The van der Waals surface area contributed by atoms with Gasteiger partial charge in [-0.3, -0.25) is 10.1 Å². The smallest absolute Gasteiger partial charge is 0.352 e. The number of carbonyl (C=O) groups excluding carboxylic acids is 1. The zero-order valence-corrected chi connectivity index (χ0v) is 13.2. The van der Waals surface area contributed by atoms with Gasteiger partial charge in [0.25, 0.3) is 5.69 Å². The van der Waals surface area contributed by atoms with Crippen molar-refractivity contribution in [3.8, 4) is 11.5 Å². The lowest BCUT2D eigenvalue weighted by atomic mass is 10.2. The van der Waals surface area contributed by atoms with Crippen molar-refractivity contribution < 1.29 is 19.2 Å². The molecule has 2 aromatic rings. The van der Waals surface area contributed by atoms with Crippen LogP contribution in [0, 0.1) is 17.0 Å². The van der Waals surface area contributed by atoms with Crippen LogP contribution in [0.15, 0.2) is 42.5 Å². The molecule has 0 radical (unpaired) electrons. The van der Waals surface area contributed by atoms with E-state index in [1.54, 1.807) is 38.1 Å². The van der Waals surface area contributed by atoms with Crippen molar-refractivity contribution in [3.05, 3.63) is 63.2 Å². The normalized spacial score (nSPS) is 11.6. The maximum atomic E-state index is 12.0. The number of halogens is 1. The Morgan fingerprint density at radius 3 is 2.57 bits per heavy atom. The van der Waals surface area contributed by atoms with Crippen LogP contribution >= 0.6 is 11.6 Å². The molecule has 0 heterocycles. The van der Waals surface area contributed by atoms with Gasteiger partial charge in [0.2, 0.25) is 0 Å². The summed E-state index contributed by atoms with van der Waals surface area (Å²) in [4.78, 5) is 22.3. The van der Waals surface area contributed by atoms with Crippen LogP contribution < -0.4 is 9.47 Å². The second kappa shape index (κ2) is 7.11. The van der Waals surface area contributed by atoms with Gasteiger partial charge in [-0.15, -0.1) is 0 Å². The number of aryl methyl sites for hydroxylation is 1. The van der Waals surface area contributed by atoms with Crippen LogP contribution in [0.1, 0.15) is 12.5 Å². The number of nitro benzene ring substituents is 1. The number of ether oxygens (including phenoxy) is 2. The van der Waals surface area contributed by atoms with Gasteiger partial charge in [-0.25, -0.2) is 4.79 Å². The molecular weight excluding hydrogens is 322 g/mol. The van der Waals surface area contributed by atoms with Crippen LogP contribution in [-0.4, -0.2) is 17.0 Å². The van der Waals surface area contributed by atoms with Crippen LogP contribution in [0.5, 0.6) is 11.5 Å². The molecule has 1 unspecified atom stereocenters. The molecule has 7 heteroatoms. The largest absolute Gasteiger partial charge is 0.479 e. The van der Waals surface area contributed by atoms with E-state index in [0.29, 0.717) is 16.3 Å². The summed E-state index contributed by atoms with van der Waals surface area (Å²) in [6, 6.07) is 10.7. The highest BCUT2D eigenvalue weighted by molar-refractivity contribution is 6.30. The molecule has 1 atom stereocenters. The van der Waals surface area contributed by atoms with Crippen LogP contribution in [0.3, 0.4) is 0 Å². The van der Waals surface area contributed by atoms with Crippen molar-refractivity contribution in [2.75, 3.05) is 0 Å². The highest BCUT2D eigenvalue weighted by atomic mass is 35.5. The van der Waals surface area contributed by atoms with Gasteiger partial charge >= 0.3 is 5.97 Å². The Morgan fingerprint density at radius 1 is 1.22 bits per heavy atom. The van der Waals surface area contributed by atoms with Crippen molar-refractivity contribution in [2.45, 2.75) is 20.0 Å². The van der Waals surface area contributed by atoms with Gasteiger partial charge < -0.3 is 9.47 Å². The van der Waals surface area contributed by atoms with E-state index < -0.39 is 17.0 Å². The summed E-state index contributed by atoms with van der Waals surface area (Å²) in [6.07, 6.45) is -0.857. The molecule has 2 rings (SSSR count). The Kier molecular flexibility index (Phi) is 5.18. The summed E-state index contributed by atoms with van der Waals surface area (Å²) in [7, 11) is 0. The quantitative estimate of drug-likeness (QED) is 0.358. The summed E-state index contributed by atoms with van der Waals surface area (Å²) in [5.74, 6) is 0.0553. The number of nitro groups is 1. The van der Waals surface area contributed by atoms with Crippen LogP contribution in [0.4, 0.5) is 5.69 Å². The second-order valence-electron chi connectivity index (χ2n) is 4.84. The zero-order chi connectivity index (χ0) is 17.0. The van der Waals surface area contributed by atoms with Crippen LogP contribution in [-0.2, 0) is 4.79 Å². The van der Waals surface area contributed by atoms with Crippen molar-refractivity contribution in [1.29, 1.82) is 0 Å². The molecule has 0 spiro atoms. The van der Waals surface area contributed by atoms with Gasteiger partial charge in [-0.1, -0.05) is 17.7 Å². The third-order valence-corrected chi connectivity index (χ3v) is 3.26.